The van der Waals surface area contributed by atoms with Gasteiger partial charge >= 0.3 is 0 Å². The number of hydrogen-bond donors (Lipinski definition) is 1. The maximum absolute atomic E-state index is 14.5. The Morgan fingerprint density at radius 2 is 1.42 bits per heavy atom. The Kier molecular flexibility index (Phi) is 10.3. The SMILES string of the molecule is CC(C)(C)NC(=O)C(Cc1ccccc1)N(Cc1ccc(F)cc1)C(=O)CN(c1ccc(F)cc1)S(=O)(=O)c1ccc2c(c1)OCCO2. The topological polar surface area (TPSA) is 105 Å². The van der Waals surface area contributed by atoms with E-state index in [4.69, 9.17) is 9.47 Å². The summed E-state index contributed by atoms with van der Waals surface area (Å²) < 4.78 is 68.5. The summed E-state index contributed by atoms with van der Waals surface area (Å²) in [5, 5.41) is 2.95. The fraction of sp³-hybridized carbons (Fsp3) is 0.278. The van der Waals surface area contributed by atoms with Crippen molar-refractivity contribution in [2.45, 2.75) is 50.2 Å². The van der Waals surface area contributed by atoms with Gasteiger partial charge in [0.25, 0.3) is 10.0 Å². The molecule has 0 bridgehead atoms. The Labute approximate surface area is 279 Å². The number of halogens is 2. The number of hydrogen-bond acceptors (Lipinski definition) is 6. The Morgan fingerprint density at radius 1 is 0.812 bits per heavy atom. The molecule has 2 amide bonds. The van der Waals surface area contributed by atoms with E-state index < -0.39 is 51.6 Å². The van der Waals surface area contributed by atoms with Gasteiger partial charge in [-0.05, 0) is 80.4 Å². The molecule has 0 aliphatic carbocycles. The number of rotatable bonds is 11. The lowest BCUT2D eigenvalue weighted by molar-refractivity contribution is -0.140. The number of fused-ring (bicyclic) bond motifs is 1. The third-order valence-corrected chi connectivity index (χ3v) is 9.30. The van der Waals surface area contributed by atoms with Crippen LogP contribution in [0.25, 0.3) is 0 Å². The molecule has 0 fully saturated rings. The molecule has 12 heteroatoms. The molecule has 1 aliphatic rings. The van der Waals surface area contributed by atoms with Crippen LogP contribution >= 0.6 is 0 Å². The summed E-state index contributed by atoms with van der Waals surface area (Å²) in [5.74, 6) is -1.63. The van der Waals surface area contributed by atoms with Gasteiger partial charge in [-0.2, -0.15) is 0 Å². The number of carbonyl (C=O) groups excluding carboxylic acids is 2. The first kappa shape index (κ1) is 34.4. The van der Waals surface area contributed by atoms with Gasteiger partial charge in [0.15, 0.2) is 11.5 Å². The summed E-state index contributed by atoms with van der Waals surface area (Å²) in [6, 6.07) is 22.4. The first-order chi connectivity index (χ1) is 22.8. The molecular weight excluding hydrogens is 640 g/mol. The van der Waals surface area contributed by atoms with Crippen LogP contribution in [0.5, 0.6) is 11.5 Å². The molecule has 9 nitrogen and oxygen atoms in total. The minimum absolute atomic E-state index is 0.0279. The van der Waals surface area contributed by atoms with Crippen LogP contribution in [0.15, 0.2) is 102 Å². The fourth-order valence-electron chi connectivity index (χ4n) is 5.24. The molecule has 5 rings (SSSR count). The summed E-state index contributed by atoms with van der Waals surface area (Å²) in [6.07, 6.45) is 0.112. The molecule has 0 saturated carbocycles. The van der Waals surface area contributed by atoms with E-state index in [-0.39, 0.29) is 35.9 Å². The third-order valence-electron chi connectivity index (χ3n) is 7.53. The van der Waals surface area contributed by atoms with E-state index in [1.807, 2.05) is 51.1 Å². The Balaban J connectivity index is 1.58. The quantitative estimate of drug-likeness (QED) is 0.225. The molecule has 4 aromatic rings. The standard InChI is InChI=1S/C36H37F2N3O6S/c1-36(2,3)39-35(43)31(21-25-7-5-4-6-8-25)40(23-26-9-11-27(37)12-10-26)34(42)24-41(29-15-13-28(38)14-16-29)48(44,45)30-17-18-32-33(22-30)47-20-19-46-32/h4-18,22,31H,19-21,23-24H2,1-3H3,(H,39,43). The van der Waals surface area contributed by atoms with Gasteiger partial charge in [-0.1, -0.05) is 42.5 Å². The highest BCUT2D eigenvalue weighted by Gasteiger charge is 2.36. The van der Waals surface area contributed by atoms with Gasteiger partial charge in [-0.3, -0.25) is 13.9 Å². The number of anilines is 1. The summed E-state index contributed by atoms with van der Waals surface area (Å²) >= 11 is 0. The van der Waals surface area contributed by atoms with E-state index >= 15 is 0 Å². The summed E-state index contributed by atoms with van der Waals surface area (Å²) in [6.45, 7) is 5.11. The second-order valence-corrected chi connectivity index (χ2v) is 14.2. The van der Waals surface area contributed by atoms with Crippen LogP contribution in [0.4, 0.5) is 14.5 Å². The molecule has 48 heavy (non-hydrogen) atoms. The number of benzene rings is 4. The number of amides is 2. The Morgan fingerprint density at radius 3 is 2.04 bits per heavy atom. The van der Waals surface area contributed by atoms with E-state index in [0.717, 1.165) is 22.0 Å². The van der Waals surface area contributed by atoms with Crippen LogP contribution in [0.1, 0.15) is 31.9 Å². The van der Waals surface area contributed by atoms with Gasteiger partial charge in [0, 0.05) is 24.6 Å². The second-order valence-electron chi connectivity index (χ2n) is 12.4. The first-order valence-corrected chi connectivity index (χ1v) is 16.8. The van der Waals surface area contributed by atoms with E-state index in [2.05, 4.69) is 5.32 Å². The summed E-state index contributed by atoms with van der Waals surface area (Å²) in [7, 11) is -4.46. The number of ether oxygens (including phenoxy) is 2. The molecule has 0 spiro atoms. The maximum Gasteiger partial charge on any atom is 0.264 e. The average Bonchev–Trinajstić information content (AvgIpc) is 3.06. The van der Waals surface area contributed by atoms with Crippen LogP contribution in [-0.2, 0) is 32.6 Å². The van der Waals surface area contributed by atoms with Crippen LogP contribution in [0.2, 0.25) is 0 Å². The minimum atomic E-state index is -4.46. The lowest BCUT2D eigenvalue weighted by Gasteiger charge is -2.35. The Hall–Kier alpha value is -4.97. The van der Waals surface area contributed by atoms with Crippen molar-refractivity contribution >= 4 is 27.5 Å². The molecule has 1 atom stereocenters. The van der Waals surface area contributed by atoms with Crippen molar-refractivity contribution in [1.29, 1.82) is 0 Å². The number of nitrogens with one attached hydrogen (secondary N) is 1. The zero-order valence-electron chi connectivity index (χ0n) is 26.9. The molecule has 1 N–H and O–H groups in total. The predicted molar refractivity (Wildman–Crippen MR) is 177 cm³/mol. The number of carbonyl (C=O) groups is 2. The first-order valence-electron chi connectivity index (χ1n) is 15.4. The lowest BCUT2D eigenvalue weighted by atomic mass is 10.0. The molecular formula is C36H37F2N3O6S. The zero-order valence-corrected chi connectivity index (χ0v) is 27.7. The third kappa shape index (κ3) is 8.48. The molecule has 1 heterocycles. The number of sulfonamides is 1. The fourth-order valence-corrected chi connectivity index (χ4v) is 6.67. The molecule has 1 unspecified atom stereocenters. The highest BCUT2D eigenvalue weighted by atomic mass is 32.2. The largest absolute Gasteiger partial charge is 0.486 e. The maximum atomic E-state index is 14.5. The highest BCUT2D eigenvalue weighted by Crippen LogP contribution is 2.34. The summed E-state index contributed by atoms with van der Waals surface area (Å²) in [4.78, 5) is 29.6. The van der Waals surface area contributed by atoms with E-state index in [1.54, 1.807) is 0 Å². The van der Waals surface area contributed by atoms with Gasteiger partial charge in [0.2, 0.25) is 11.8 Å². The lowest BCUT2D eigenvalue weighted by Crippen LogP contribution is -2.56. The molecule has 4 aromatic carbocycles. The van der Waals surface area contributed by atoms with E-state index in [1.165, 1.54) is 59.5 Å². The Bertz CT molecular complexity index is 1850. The van der Waals surface area contributed by atoms with Gasteiger partial charge in [-0.15, -0.1) is 0 Å². The van der Waals surface area contributed by atoms with Gasteiger partial charge in [0.05, 0.1) is 10.6 Å². The van der Waals surface area contributed by atoms with E-state index in [9.17, 15) is 26.8 Å². The van der Waals surface area contributed by atoms with Crippen molar-refractivity contribution < 1.29 is 36.3 Å². The van der Waals surface area contributed by atoms with Gasteiger partial charge < -0.3 is 19.7 Å². The van der Waals surface area contributed by atoms with Crippen molar-refractivity contribution in [2.75, 3.05) is 24.1 Å². The summed E-state index contributed by atoms with van der Waals surface area (Å²) in [5.41, 5.74) is 0.662. The monoisotopic (exact) mass is 677 g/mol. The average molecular weight is 678 g/mol. The van der Waals surface area contributed by atoms with Crippen molar-refractivity contribution in [3.05, 3.63) is 120 Å². The van der Waals surface area contributed by atoms with Gasteiger partial charge in [-0.25, -0.2) is 17.2 Å². The smallest absolute Gasteiger partial charge is 0.264 e. The van der Waals surface area contributed by atoms with Crippen molar-refractivity contribution in [3.63, 3.8) is 0 Å². The predicted octanol–water partition coefficient (Wildman–Crippen LogP) is 5.49. The molecule has 252 valence electrons. The molecule has 0 aromatic heterocycles. The molecule has 0 radical (unpaired) electrons. The van der Waals surface area contributed by atoms with Crippen molar-refractivity contribution in [2.24, 2.45) is 0 Å². The number of nitrogens with zero attached hydrogens (tertiary/aromatic N) is 2. The van der Waals surface area contributed by atoms with Crippen LogP contribution in [0, 0.1) is 11.6 Å². The second kappa shape index (κ2) is 14.4. The van der Waals surface area contributed by atoms with Crippen molar-refractivity contribution in [1.82, 2.24) is 10.2 Å². The normalized spacial score (nSPS) is 13.4. The molecule has 0 saturated heterocycles. The molecule has 1 aliphatic heterocycles. The van der Waals surface area contributed by atoms with Crippen LogP contribution < -0.4 is 19.1 Å². The minimum Gasteiger partial charge on any atom is -0.486 e. The van der Waals surface area contributed by atoms with Crippen molar-refractivity contribution in [3.8, 4) is 11.5 Å². The van der Waals surface area contributed by atoms with Crippen LogP contribution in [0.3, 0.4) is 0 Å². The zero-order chi connectivity index (χ0) is 34.5. The van der Waals surface area contributed by atoms with Gasteiger partial charge in [0.1, 0.15) is 37.4 Å². The highest BCUT2D eigenvalue weighted by molar-refractivity contribution is 7.92. The van der Waals surface area contributed by atoms with Crippen LogP contribution in [-0.4, -0.2) is 56.5 Å². The van der Waals surface area contributed by atoms with E-state index in [0.29, 0.717) is 17.9 Å².